The normalized spacial score (nSPS) is 11.7. The van der Waals surface area contributed by atoms with Crippen LogP contribution in [0.4, 0.5) is 0 Å². The summed E-state index contributed by atoms with van der Waals surface area (Å²) in [6.07, 6.45) is -0.0176. The van der Waals surface area contributed by atoms with Gasteiger partial charge in [0.15, 0.2) is 0 Å². The van der Waals surface area contributed by atoms with Gasteiger partial charge in [-0.15, -0.1) is 0 Å². The summed E-state index contributed by atoms with van der Waals surface area (Å²) in [5, 5.41) is 20.1. The van der Waals surface area contributed by atoms with Crippen molar-refractivity contribution in [2.75, 3.05) is 13.2 Å². The van der Waals surface area contributed by atoms with Crippen LogP contribution in [0.2, 0.25) is 5.02 Å². The summed E-state index contributed by atoms with van der Waals surface area (Å²) >= 11 is 5.76. The molecule has 1 amide bonds. The first-order chi connectivity index (χ1) is 9.02. The Kier molecular flexibility index (Phi) is 6.11. The number of rotatable bonds is 7. The Morgan fingerprint density at radius 3 is 2.74 bits per heavy atom. The summed E-state index contributed by atoms with van der Waals surface area (Å²) < 4.78 is 5.28. The Labute approximate surface area is 114 Å². The lowest BCUT2D eigenvalue weighted by molar-refractivity contribution is -0.143. The molecule has 104 valence electrons. The molecular formula is C12H14ClNO5. The maximum atomic E-state index is 11.4. The first kappa shape index (κ1) is 15.3. The predicted molar refractivity (Wildman–Crippen MR) is 68.2 cm³/mol. The molecule has 1 atom stereocenters. The molecule has 19 heavy (non-hydrogen) atoms. The molecule has 0 aromatic heterocycles. The second kappa shape index (κ2) is 7.60. The molecule has 1 rings (SSSR count). The zero-order valence-electron chi connectivity index (χ0n) is 10.0. The van der Waals surface area contributed by atoms with Gasteiger partial charge in [0.2, 0.25) is 5.91 Å². The molecule has 0 aliphatic rings. The smallest absolute Gasteiger partial charge is 0.328 e. The van der Waals surface area contributed by atoms with Gasteiger partial charge in [-0.3, -0.25) is 4.79 Å². The molecule has 6 nitrogen and oxygen atoms in total. The van der Waals surface area contributed by atoms with Gasteiger partial charge in [-0.25, -0.2) is 4.79 Å². The fourth-order valence-electron chi connectivity index (χ4n) is 1.27. The van der Waals surface area contributed by atoms with Crippen molar-refractivity contribution in [3.63, 3.8) is 0 Å². The molecule has 0 aliphatic carbocycles. The van der Waals surface area contributed by atoms with Crippen molar-refractivity contribution in [1.82, 2.24) is 5.32 Å². The number of nitrogens with one attached hydrogen (secondary N) is 1. The molecule has 0 aliphatic heterocycles. The molecule has 0 saturated heterocycles. The Morgan fingerprint density at radius 1 is 1.42 bits per heavy atom. The van der Waals surface area contributed by atoms with Crippen molar-refractivity contribution in [3.05, 3.63) is 29.3 Å². The fraction of sp³-hybridized carbons (Fsp3) is 0.333. The van der Waals surface area contributed by atoms with Crippen molar-refractivity contribution in [3.8, 4) is 5.75 Å². The minimum Gasteiger partial charge on any atom is -0.493 e. The number of carbonyl (C=O) groups is 2. The van der Waals surface area contributed by atoms with E-state index in [9.17, 15) is 9.59 Å². The second-order valence-electron chi connectivity index (χ2n) is 3.70. The van der Waals surface area contributed by atoms with Crippen molar-refractivity contribution >= 4 is 23.5 Å². The summed E-state index contributed by atoms with van der Waals surface area (Å²) in [6.45, 7) is -0.569. The van der Waals surface area contributed by atoms with Crippen molar-refractivity contribution in [2.24, 2.45) is 0 Å². The largest absolute Gasteiger partial charge is 0.493 e. The molecule has 1 unspecified atom stereocenters. The van der Waals surface area contributed by atoms with E-state index in [1.807, 2.05) is 0 Å². The van der Waals surface area contributed by atoms with Gasteiger partial charge in [0, 0.05) is 5.02 Å². The topological polar surface area (TPSA) is 95.9 Å². The number of carboxylic acid groups (broad SMARTS) is 1. The third-order valence-corrected chi connectivity index (χ3v) is 2.44. The summed E-state index contributed by atoms with van der Waals surface area (Å²) in [5.74, 6) is -1.27. The molecule has 3 N–H and O–H groups in total. The third kappa shape index (κ3) is 5.58. The average molecular weight is 288 g/mol. The molecule has 0 bridgehead atoms. The van der Waals surface area contributed by atoms with Crippen LogP contribution in [0.15, 0.2) is 24.3 Å². The number of carboxylic acids is 1. The highest BCUT2D eigenvalue weighted by atomic mass is 35.5. The van der Waals surface area contributed by atoms with Crippen LogP contribution in [0.5, 0.6) is 5.75 Å². The van der Waals surface area contributed by atoms with Crippen LogP contribution in [0.25, 0.3) is 0 Å². The number of hydrogen-bond donors (Lipinski definition) is 3. The van der Waals surface area contributed by atoms with Gasteiger partial charge in [-0.1, -0.05) is 17.7 Å². The Bertz CT molecular complexity index is 452. The molecule has 1 aromatic rings. The standard InChI is InChI=1S/C12H14ClNO5/c13-8-2-1-3-9(6-8)19-5-4-11(16)14-10(7-15)12(17)18/h1-3,6,10,15H,4-5,7H2,(H,14,16)(H,17,18). The zero-order valence-corrected chi connectivity index (χ0v) is 10.8. The highest BCUT2D eigenvalue weighted by molar-refractivity contribution is 6.30. The molecular weight excluding hydrogens is 274 g/mol. The lowest BCUT2D eigenvalue weighted by Gasteiger charge is -2.12. The Balaban J connectivity index is 2.33. The number of amides is 1. The van der Waals surface area contributed by atoms with Crippen LogP contribution >= 0.6 is 11.6 Å². The number of aliphatic carboxylic acids is 1. The summed E-state index contributed by atoms with van der Waals surface area (Å²) in [7, 11) is 0. The second-order valence-corrected chi connectivity index (χ2v) is 4.13. The predicted octanol–water partition coefficient (Wildman–Crippen LogP) is 0.671. The minimum atomic E-state index is -1.29. The molecule has 0 fully saturated rings. The lowest BCUT2D eigenvalue weighted by atomic mass is 10.3. The summed E-state index contributed by atoms with van der Waals surface area (Å²) in [4.78, 5) is 22.0. The van der Waals surface area contributed by atoms with Gasteiger partial charge in [0.1, 0.15) is 11.8 Å². The molecule has 0 heterocycles. The van der Waals surface area contributed by atoms with E-state index in [0.717, 1.165) is 0 Å². The average Bonchev–Trinajstić information content (AvgIpc) is 2.35. The van der Waals surface area contributed by atoms with E-state index in [-0.39, 0.29) is 13.0 Å². The van der Waals surface area contributed by atoms with Crippen LogP contribution in [0.3, 0.4) is 0 Å². The lowest BCUT2D eigenvalue weighted by Crippen LogP contribution is -2.43. The van der Waals surface area contributed by atoms with Crippen LogP contribution in [0, 0.1) is 0 Å². The minimum absolute atomic E-state index is 0.0176. The summed E-state index contributed by atoms with van der Waals surface area (Å²) in [6, 6.07) is 5.41. The highest BCUT2D eigenvalue weighted by Gasteiger charge is 2.18. The quantitative estimate of drug-likeness (QED) is 0.685. The van der Waals surface area contributed by atoms with E-state index in [4.69, 9.17) is 26.6 Å². The molecule has 1 aromatic carbocycles. The third-order valence-electron chi connectivity index (χ3n) is 2.21. The van der Waals surface area contributed by atoms with Gasteiger partial charge >= 0.3 is 5.97 Å². The monoisotopic (exact) mass is 287 g/mol. The van der Waals surface area contributed by atoms with Gasteiger partial charge < -0.3 is 20.3 Å². The number of carbonyl (C=O) groups excluding carboxylic acids is 1. The van der Waals surface area contributed by atoms with E-state index in [1.54, 1.807) is 24.3 Å². The van der Waals surface area contributed by atoms with Crippen molar-refractivity contribution in [1.29, 1.82) is 0 Å². The van der Waals surface area contributed by atoms with E-state index in [0.29, 0.717) is 10.8 Å². The maximum Gasteiger partial charge on any atom is 0.328 e. The van der Waals surface area contributed by atoms with Gasteiger partial charge in [0.25, 0.3) is 0 Å². The van der Waals surface area contributed by atoms with E-state index in [2.05, 4.69) is 5.32 Å². The Morgan fingerprint density at radius 2 is 2.16 bits per heavy atom. The molecule has 7 heteroatoms. The number of aliphatic hydroxyl groups excluding tert-OH is 1. The zero-order chi connectivity index (χ0) is 14.3. The van der Waals surface area contributed by atoms with Crippen LogP contribution in [0.1, 0.15) is 6.42 Å². The number of ether oxygens (including phenoxy) is 1. The molecule has 0 spiro atoms. The van der Waals surface area contributed by atoms with Crippen LogP contribution < -0.4 is 10.1 Å². The van der Waals surface area contributed by atoms with Crippen molar-refractivity contribution in [2.45, 2.75) is 12.5 Å². The number of hydrogen-bond acceptors (Lipinski definition) is 4. The first-order valence-corrected chi connectivity index (χ1v) is 5.92. The molecule has 0 saturated carbocycles. The first-order valence-electron chi connectivity index (χ1n) is 5.54. The van der Waals surface area contributed by atoms with E-state index in [1.165, 1.54) is 0 Å². The maximum absolute atomic E-state index is 11.4. The van der Waals surface area contributed by atoms with Crippen LogP contribution in [-0.2, 0) is 9.59 Å². The highest BCUT2D eigenvalue weighted by Crippen LogP contribution is 2.17. The number of aliphatic hydroxyl groups is 1. The van der Waals surface area contributed by atoms with Crippen LogP contribution in [-0.4, -0.2) is 41.3 Å². The van der Waals surface area contributed by atoms with Crippen molar-refractivity contribution < 1.29 is 24.5 Å². The number of halogens is 1. The van der Waals surface area contributed by atoms with Gasteiger partial charge in [-0.2, -0.15) is 0 Å². The molecule has 0 radical (unpaired) electrons. The van der Waals surface area contributed by atoms with Gasteiger partial charge in [0.05, 0.1) is 19.6 Å². The van der Waals surface area contributed by atoms with Gasteiger partial charge in [-0.05, 0) is 18.2 Å². The fourth-order valence-corrected chi connectivity index (χ4v) is 1.45. The SMILES string of the molecule is O=C(CCOc1cccc(Cl)c1)NC(CO)C(=O)O. The number of benzene rings is 1. The van der Waals surface area contributed by atoms with E-state index < -0.39 is 24.5 Å². The Hall–Kier alpha value is -1.79. The summed E-state index contributed by atoms with van der Waals surface area (Å²) in [5.41, 5.74) is 0. The van der Waals surface area contributed by atoms with E-state index >= 15 is 0 Å².